The van der Waals surface area contributed by atoms with E-state index < -0.39 is 0 Å². The molecule has 1 fully saturated rings. The molecule has 1 saturated carbocycles. The van der Waals surface area contributed by atoms with Crippen LogP contribution in [0.15, 0.2) is 0 Å². The van der Waals surface area contributed by atoms with Crippen LogP contribution in [0, 0.1) is 10.8 Å². The van der Waals surface area contributed by atoms with Crippen LogP contribution in [0.4, 0.5) is 0 Å². The molecule has 2 atom stereocenters. The zero-order chi connectivity index (χ0) is 9.24. The first-order chi connectivity index (χ1) is 5.58. The number of aliphatic hydroxyl groups excluding tert-OH is 2. The summed E-state index contributed by atoms with van der Waals surface area (Å²) < 4.78 is 0. The molecular formula is C10H20O2. The van der Waals surface area contributed by atoms with Gasteiger partial charge in [-0.3, -0.25) is 0 Å². The molecule has 2 heteroatoms. The fraction of sp³-hybridized carbons (Fsp3) is 1.00. The molecule has 0 spiro atoms. The van der Waals surface area contributed by atoms with E-state index in [2.05, 4.69) is 13.8 Å². The predicted octanol–water partition coefficient (Wildman–Crippen LogP) is 1.56. The second-order valence-corrected chi connectivity index (χ2v) is 4.64. The number of hydrogen-bond acceptors (Lipinski definition) is 2. The zero-order valence-electron chi connectivity index (χ0n) is 8.14. The minimum absolute atomic E-state index is 0.0694. The Hall–Kier alpha value is -0.0800. The van der Waals surface area contributed by atoms with Crippen LogP contribution in [0.3, 0.4) is 0 Å². The van der Waals surface area contributed by atoms with Crippen molar-refractivity contribution in [2.24, 2.45) is 10.8 Å². The van der Waals surface area contributed by atoms with E-state index in [9.17, 15) is 10.2 Å². The van der Waals surface area contributed by atoms with E-state index in [1.807, 2.05) is 0 Å². The highest BCUT2D eigenvalue weighted by molar-refractivity contribution is 4.94. The molecule has 0 amide bonds. The van der Waals surface area contributed by atoms with Crippen LogP contribution in [0.25, 0.3) is 0 Å². The summed E-state index contributed by atoms with van der Waals surface area (Å²) in [6.07, 6.45) is 4.46. The highest BCUT2D eigenvalue weighted by Gasteiger charge is 2.45. The second kappa shape index (κ2) is 3.35. The number of aliphatic hydroxyl groups is 2. The van der Waals surface area contributed by atoms with Crippen molar-refractivity contribution in [2.45, 2.75) is 39.5 Å². The largest absolute Gasteiger partial charge is 0.396 e. The average molecular weight is 172 g/mol. The Morgan fingerprint density at radius 3 is 1.50 bits per heavy atom. The summed E-state index contributed by atoms with van der Waals surface area (Å²) in [6.45, 7) is 4.57. The maximum absolute atomic E-state index is 9.31. The van der Waals surface area contributed by atoms with Crippen LogP contribution in [-0.4, -0.2) is 23.4 Å². The van der Waals surface area contributed by atoms with Crippen molar-refractivity contribution in [3.8, 4) is 0 Å². The Morgan fingerprint density at radius 1 is 0.917 bits per heavy atom. The SMILES string of the molecule is CC1(CO)CCCCC1(C)CO. The molecule has 0 radical (unpaired) electrons. The smallest absolute Gasteiger partial charge is 0.0490 e. The van der Waals surface area contributed by atoms with E-state index in [1.165, 1.54) is 12.8 Å². The van der Waals surface area contributed by atoms with Gasteiger partial charge < -0.3 is 10.2 Å². The Labute approximate surface area is 74.6 Å². The van der Waals surface area contributed by atoms with Crippen molar-refractivity contribution in [1.29, 1.82) is 0 Å². The molecule has 1 rings (SSSR count). The first-order valence-electron chi connectivity index (χ1n) is 4.80. The third-order valence-electron chi connectivity index (χ3n) is 3.86. The summed E-state index contributed by atoms with van der Waals surface area (Å²) in [5, 5.41) is 18.6. The van der Waals surface area contributed by atoms with Crippen LogP contribution in [0.5, 0.6) is 0 Å². The van der Waals surface area contributed by atoms with E-state index in [-0.39, 0.29) is 24.0 Å². The Bertz CT molecular complexity index is 140. The van der Waals surface area contributed by atoms with Gasteiger partial charge in [0.1, 0.15) is 0 Å². The van der Waals surface area contributed by atoms with Gasteiger partial charge in [-0.1, -0.05) is 26.7 Å². The van der Waals surface area contributed by atoms with Gasteiger partial charge in [-0.05, 0) is 23.7 Å². The van der Waals surface area contributed by atoms with Crippen molar-refractivity contribution in [2.75, 3.05) is 13.2 Å². The van der Waals surface area contributed by atoms with Gasteiger partial charge in [-0.25, -0.2) is 0 Å². The lowest BCUT2D eigenvalue weighted by atomic mass is 9.58. The maximum Gasteiger partial charge on any atom is 0.0490 e. The molecule has 2 N–H and O–H groups in total. The predicted molar refractivity (Wildman–Crippen MR) is 48.9 cm³/mol. The molecule has 1 aliphatic carbocycles. The second-order valence-electron chi connectivity index (χ2n) is 4.64. The fourth-order valence-electron chi connectivity index (χ4n) is 2.17. The van der Waals surface area contributed by atoms with E-state index in [0.717, 1.165) is 12.8 Å². The molecule has 72 valence electrons. The monoisotopic (exact) mass is 172 g/mol. The minimum Gasteiger partial charge on any atom is -0.396 e. The molecule has 0 heterocycles. The minimum atomic E-state index is -0.0694. The lowest BCUT2D eigenvalue weighted by molar-refractivity contribution is -0.0638. The van der Waals surface area contributed by atoms with Crippen LogP contribution in [-0.2, 0) is 0 Å². The summed E-state index contributed by atoms with van der Waals surface area (Å²) in [6, 6.07) is 0. The Balaban J connectivity index is 2.79. The van der Waals surface area contributed by atoms with Crippen molar-refractivity contribution in [1.82, 2.24) is 0 Å². The lowest BCUT2D eigenvalue weighted by Crippen LogP contribution is -2.45. The molecule has 0 bridgehead atoms. The van der Waals surface area contributed by atoms with Gasteiger partial charge in [-0.2, -0.15) is 0 Å². The van der Waals surface area contributed by atoms with Gasteiger partial charge in [0.2, 0.25) is 0 Å². The quantitative estimate of drug-likeness (QED) is 0.663. The number of rotatable bonds is 2. The standard InChI is InChI=1S/C10H20O2/c1-9(7-11)5-3-4-6-10(9,2)8-12/h11-12H,3-8H2,1-2H3. The normalized spacial score (nSPS) is 43.0. The molecule has 0 aromatic heterocycles. The van der Waals surface area contributed by atoms with Crippen molar-refractivity contribution < 1.29 is 10.2 Å². The van der Waals surface area contributed by atoms with Gasteiger partial charge in [0.25, 0.3) is 0 Å². The van der Waals surface area contributed by atoms with E-state index in [4.69, 9.17) is 0 Å². The van der Waals surface area contributed by atoms with Crippen LogP contribution in [0.2, 0.25) is 0 Å². The Morgan fingerprint density at radius 2 is 1.25 bits per heavy atom. The summed E-state index contributed by atoms with van der Waals surface area (Å²) in [5.74, 6) is 0. The van der Waals surface area contributed by atoms with Gasteiger partial charge in [0.15, 0.2) is 0 Å². The molecule has 0 aliphatic heterocycles. The molecule has 0 aromatic rings. The first-order valence-corrected chi connectivity index (χ1v) is 4.80. The molecule has 2 unspecified atom stereocenters. The zero-order valence-corrected chi connectivity index (χ0v) is 8.14. The Kier molecular flexibility index (Phi) is 2.79. The summed E-state index contributed by atoms with van der Waals surface area (Å²) in [4.78, 5) is 0. The van der Waals surface area contributed by atoms with Crippen LogP contribution >= 0.6 is 0 Å². The third kappa shape index (κ3) is 1.38. The summed E-state index contributed by atoms with van der Waals surface area (Å²) in [7, 11) is 0. The van der Waals surface area contributed by atoms with E-state index in [1.54, 1.807) is 0 Å². The lowest BCUT2D eigenvalue weighted by Gasteiger charge is -2.48. The van der Waals surface area contributed by atoms with Crippen molar-refractivity contribution in [3.63, 3.8) is 0 Å². The van der Waals surface area contributed by atoms with Crippen LogP contribution < -0.4 is 0 Å². The maximum atomic E-state index is 9.31. The van der Waals surface area contributed by atoms with E-state index in [0.29, 0.717) is 0 Å². The van der Waals surface area contributed by atoms with E-state index >= 15 is 0 Å². The van der Waals surface area contributed by atoms with Crippen molar-refractivity contribution >= 4 is 0 Å². The highest BCUT2D eigenvalue weighted by Crippen LogP contribution is 2.49. The molecule has 0 saturated heterocycles. The molecule has 1 aliphatic rings. The van der Waals surface area contributed by atoms with Gasteiger partial charge in [0, 0.05) is 13.2 Å². The van der Waals surface area contributed by atoms with Crippen LogP contribution in [0.1, 0.15) is 39.5 Å². The molecule has 0 aromatic carbocycles. The molecule has 2 nitrogen and oxygen atoms in total. The third-order valence-corrected chi connectivity index (χ3v) is 3.86. The van der Waals surface area contributed by atoms with Gasteiger partial charge in [0.05, 0.1) is 0 Å². The molecule has 12 heavy (non-hydrogen) atoms. The average Bonchev–Trinajstić information content (AvgIpc) is 2.10. The summed E-state index contributed by atoms with van der Waals surface area (Å²) >= 11 is 0. The van der Waals surface area contributed by atoms with Crippen molar-refractivity contribution in [3.05, 3.63) is 0 Å². The number of hydrogen-bond donors (Lipinski definition) is 2. The highest BCUT2D eigenvalue weighted by atomic mass is 16.3. The first kappa shape index (κ1) is 10.0. The molecular weight excluding hydrogens is 152 g/mol. The summed E-state index contributed by atoms with van der Waals surface area (Å²) in [5.41, 5.74) is -0.139. The fourth-order valence-corrected chi connectivity index (χ4v) is 2.17. The topological polar surface area (TPSA) is 40.5 Å². The van der Waals surface area contributed by atoms with Gasteiger partial charge in [-0.15, -0.1) is 0 Å². The van der Waals surface area contributed by atoms with Gasteiger partial charge >= 0.3 is 0 Å².